The molecule has 0 aliphatic heterocycles. The number of hydrogen-bond acceptors (Lipinski definition) is 6. The Labute approximate surface area is 176 Å². The van der Waals surface area contributed by atoms with Crippen LogP contribution in [-0.4, -0.2) is 15.8 Å². The van der Waals surface area contributed by atoms with Gasteiger partial charge in [0.15, 0.2) is 12.4 Å². The highest BCUT2D eigenvalue weighted by Gasteiger charge is 2.11. The molecule has 2 heterocycles. The van der Waals surface area contributed by atoms with Gasteiger partial charge in [0.05, 0.1) is 11.3 Å². The first-order chi connectivity index (χ1) is 14.7. The highest BCUT2D eigenvalue weighted by Crippen LogP contribution is 2.25. The molecule has 2 aromatic heterocycles. The summed E-state index contributed by atoms with van der Waals surface area (Å²) >= 11 is 1.44. The second kappa shape index (κ2) is 9.15. The highest BCUT2D eigenvalue weighted by atomic mass is 32.1. The van der Waals surface area contributed by atoms with Gasteiger partial charge < -0.3 is 15.3 Å². The summed E-state index contributed by atoms with van der Waals surface area (Å²) in [4.78, 5) is 14.1. The molecule has 0 amide bonds. The molecular formula is C22H17FN4O2S. The Morgan fingerprint density at radius 2 is 1.83 bits per heavy atom. The third-order valence-electron chi connectivity index (χ3n) is 4.02. The van der Waals surface area contributed by atoms with E-state index in [1.807, 2.05) is 35.7 Å². The lowest BCUT2D eigenvalue weighted by molar-refractivity contribution is 0.128. The summed E-state index contributed by atoms with van der Waals surface area (Å²) in [7, 11) is 0. The van der Waals surface area contributed by atoms with Crippen molar-refractivity contribution >= 4 is 17.2 Å². The Morgan fingerprint density at radius 3 is 2.63 bits per heavy atom. The van der Waals surface area contributed by atoms with Crippen molar-refractivity contribution in [2.45, 2.75) is 6.61 Å². The lowest BCUT2D eigenvalue weighted by atomic mass is 10.2. The number of rotatable bonds is 7. The number of oxime groups is 1. The topological polar surface area (TPSA) is 82.6 Å². The number of hydrogen-bond donors (Lipinski definition) is 1. The number of benzene rings is 2. The summed E-state index contributed by atoms with van der Waals surface area (Å²) in [5, 5.41) is 6.61. The fourth-order valence-corrected chi connectivity index (χ4v) is 3.39. The summed E-state index contributed by atoms with van der Waals surface area (Å²) < 4.78 is 18.9. The normalized spacial score (nSPS) is 11.3. The lowest BCUT2D eigenvalue weighted by Gasteiger charge is -2.09. The first kappa shape index (κ1) is 19.5. The third kappa shape index (κ3) is 4.79. The lowest BCUT2D eigenvalue weighted by Crippen LogP contribution is -2.15. The molecular weight excluding hydrogens is 403 g/mol. The predicted octanol–water partition coefficient (Wildman–Crippen LogP) is 4.97. The monoisotopic (exact) mass is 420 g/mol. The van der Waals surface area contributed by atoms with Gasteiger partial charge in [-0.25, -0.2) is 14.4 Å². The zero-order chi connectivity index (χ0) is 20.8. The molecule has 2 N–H and O–H groups in total. The van der Waals surface area contributed by atoms with Gasteiger partial charge in [0.25, 0.3) is 0 Å². The SMILES string of the molecule is N/C(=N/OCc1csc(-c2ccc(F)cc2)n1)c1cccnc1Oc1ccccc1. The van der Waals surface area contributed by atoms with Crippen LogP contribution in [0.3, 0.4) is 0 Å². The number of aromatic nitrogens is 2. The minimum atomic E-state index is -0.283. The van der Waals surface area contributed by atoms with E-state index in [1.165, 1.54) is 23.5 Å². The minimum Gasteiger partial charge on any atom is -0.438 e. The molecule has 0 saturated heterocycles. The summed E-state index contributed by atoms with van der Waals surface area (Å²) in [6.07, 6.45) is 1.61. The van der Waals surface area contributed by atoms with E-state index in [9.17, 15) is 4.39 Å². The fourth-order valence-electron chi connectivity index (χ4n) is 2.58. The standard InChI is InChI=1S/C22H17FN4O2S/c23-16-10-8-15(9-11-16)22-26-17(14-30-22)13-28-27-20(24)19-7-4-12-25-21(19)29-18-5-2-1-3-6-18/h1-12,14H,13H2,(H2,24,27). The van der Waals surface area contributed by atoms with Gasteiger partial charge in [0, 0.05) is 17.1 Å². The van der Waals surface area contributed by atoms with E-state index in [-0.39, 0.29) is 18.3 Å². The molecule has 0 saturated carbocycles. The summed E-state index contributed by atoms with van der Waals surface area (Å²) in [5.74, 6) is 0.834. The summed E-state index contributed by atoms with van der Waals surface area (Å²) in [5.41, 5.74) is 8.13. The molecule has 0 aliphatic carbocycles. The van der Waals surface area contributed by atoms with Gasteiger partial charge in [0.2, 0.25) is 5.88 Å². The number of nitrogens with two attached hydrogens (primary N) is 1. The van der Waals surface area contributed by atoms with Crippen LogP contribution in [0.4, 0.5) is 4.39 Å². The molecule has 4 rings (SSSR count). The molecule has 8 heteroatoms. The number of nitrogens with zero attached hydrogens (tertiary/aromatic N) is 3. The Morgan fingerprint density at radius 1 is 1.03 bits per heavy atom. The van der Waals surface area contributed by atoms with E-state index in [1.54, 1.807) is 30.5 Å². The van der Waals surface area contributed by atoms with Crippen molar-refractivity contribution in [1.82, 2.24) is 9.97 Å². The molecule has 0 radical (unpaired) electrons. The van der Waals surface area contributed by atoms with Crippen LogP contribution < -0.4 is 10.5 Å². The van der Waals surface area contributed by atoms with Crippen LogP contribution >= 0.6 is 11.3 Å². The number of halogens is 1. The molecule has 0 spiro atoms. The van der Waals surface area contributed by atoms with E-state index in [4.69, 9.17) is 15.3 Å². The predicted molar refractivity (Wildman–Crippen MR) is 114 cm³/mol. The van der Waals surface area contributed by atoms with Crippen LogP contribution in [0.2, 0.25) is 0 Å². The smallest absolute Gasteiger partial charge is 0.230 e. The van der Waals surface area contributed by atoms with E-state index >= 15 is 0 Å². The maximum absolute atomic E-state index is 13.1. The van der Waals surface area contributed by atoms with Crippen molar-refractivity contribution in [3.63, 3.8) is 0 Å². The van der Waals surface area contributed by atoms with Crippen molar-refractivity contribution in [3.8, 4) is 22.2 Å². The fraction of sp³-hybridized carbons (Fsp3) is 0.0455. The van der Waals surface area contributed by atoms with Gasteiger partial charge in [-0.15, -0.1) is 11.3 Å². The minimum absolute atomic E-state index is 0.142. The molecule has 30 heavy (non-hydrogen) atoms. The molecule has 0 aliphatic rings. The zero-order valence-electron chi connectivity index (χ0n) is 15.7. The van der Waals surface area contributed by atoms with Gasteiger partial charge >= 0.3 is 0 Å². The largest absolute Gasteiger partial charge is 0.438 e. The molecule has 0 fully saturated rings. The zero-order valence-corrected chi connectivity index (χ0v) is 16.6. The number of ether oxygens (including phenoxy) is 1. The number of pyridine rings is 1. The molecule has 6 nitrogen and oxygen atoms in total. The molecule has 0 atom stereocenters. The van der Waals surface area contributed by atoms with Gasteiger partial charge in [-0.05, 0) is 48.5 Å². The molecule has 0 unspecified atom stereocenters. The summed E-state index contributed by atoms with van der Waals surface area (Å²) in [6.45, 7) is 0.146. The van der Waals surface area contributed by atoms with Crippen LogP contribution in [0.25, 0.3) is 10.6 Å². The van der Waals surface area contributed by atoms with Gasteiger partial charge in [-0.3, -0.25) is 0 Å². The Bertz CT molecular complexity index is 1150. The average molecular weight is 420 g/mol. The number of thiazole rings is 1. The Hall–Kier alpha value is -3.78. The number of amidine groups is 1. The van der Waals surface area contributed by atoms with Crippen molar-refractivity contribution in [1.29, 1.82) is 0 Å². The van der Waals surface area contributed by atoms with Crippen molar-refractivity contribution in [2.24, 2.45) is 10.9 Å². The van der Waals surface area contributed by atoms with E-state index in [0.717, 1.165) is 10.6 Å². The number of para-hydroxylation sites is 1. The first-order valence-corrected chi connectivity index (χ1v) is 9.91. The third-order valence-corrected chi connectivity index (χ3v) is 4.96. The first-order valence-electron chi connectivity index (χ1n) is 9.03. The van der Waals surface area contributed by atoms with E-state index in [2.05, 4.69) is 15.1 Å². The average Bonchev–Trinajstić information content (AvgIpc) is 3.24. The van der Waals surface area contributed by atoms with Crippen molar-refractivity contribution < 1.29 is 14.0 Å². The van der Waals surface area contributed by atoms with Gasteiger partial charge in [0.1, 0.15) is 16.6 Å². The Balaban J connectivity index is 1.42. The quantitative estimate of drug-likeness (QED) is 0.259. The molecule has 4 aromatic rings. The highest BCUT2D eigenvalue weighted by molar-refractivity contribution is 7.13. The Kier molecular flexibility index (Phi) is 5.95. The maximum atomic E-state index is 13.1. The second-order valence-electron chi connectivity index (χ2n) is 6.17. The molecule has 2 aromatic carbocycles. The maximum Gasteiger partial charge on any atom is 0.230 e. The van der Waals surface area contributed by atoms with Crippen LogP contribution in [0, 0.1) is 5.82 Å². The van der Waals surface area contributed by atoms with Gasteiger partial charge in [-0.2, -0.15) is 0 Å². The molecule has 150 valence electrons. The summed E-state index contributed by atoms with van der Waals surface area (Å²) in [6, 6.07) is 19.0. The second-order valence-corrected chi connectivity index (χ2v) is 7.03. The van der Waals surface area contributed by atoms with Crippen LogP contribution in [-0.2, 0) is 11.4 Å². The van der Waals surface area contributed by atoms with Crippen molar-refractivity contribution in [3.05, 3.63) is 95.4 Å². The van der Waals surface area contributed by atoms with Crippen LogP contribution in [0.1, 0.15) is 11.3 Å². The van der Waals surface area contributed by atoms with Crippen LogP contribution in [0.5, 0.6) is 11.6 Å². The van der Waals surface area contributed by atoms with Crippen molar-refractivity contribution in [2.75, 3.05) is 0 Å². The molecule has 0 bridgehead atoms. The van der Waals surface area contributed by atoms with Crippen LogP contribution in [0.15, 0.2) is 83.5 Å². The van der Waals surface area contributed by atoms with E-state index < -0.39 is 0 Å². The van der Waals surface area contributed by atoms with E-state index in [0.29, 0.717) is 22.9 Å². The van der Waals surface area contributed by atoms with Gasteiger partial charge in [-0.1, -0.05) is 23.4 Å².